The lowest BCUT2D eigenvalue weighted by atomic mass is 9.49. The number of aromatic nitrogens is 1. The van der Waals surface area contributed by atoms with Crippen LogP contribution in [0.15, 0.2) is 48.5 Å². The molecule has 6 heteroatoms. The van der Waals surface area contributed by atoms with Gasteiger partial charge in [0.05, 0.1) is 16.7 Å². The molecule has 1 saturated heterocycles. The molecule has 0 unspecified atom stereocenters. The van der Waals surface area contributed by atoms with E-state index in [1.807, 2.05) is 18.2 Å². The monoisotopic (exact) mass is 538 g/mol. The summed E-state index contributed by atoms with van der Waals surface area (Å²) in [6, 6.07) is 16.3. The van der Waals surface area contributed by atoms with E-state index in [1.165, 1.54) is 24.0 Å². The number of nitrogens with zero attached hydrogens (tertiary/aromatic N) is 2. The summed E-state index contributed by atoms with van der Waals surface area (Å²) in [6.45, 7) is 2.01. The van der Waals surface area contributed by atoms with Gasteiger partial charge >= 0.3 is 0 Å². The fourth-order valence-corrected chi connectivity index (χ4v) is 8.73. The first-order chi connectivity index (χ1) is 19.4. The van der Waals surface area contributed by atoms with Gasteiger partial charge in [-0.1, -0.05) is 36.4 Å². The molecular weight excluding hydrogens is 500 g/mol. The lowest BCUT2D eigenvalue weighted by Crippen LogP contribution is -2.74. The van der Waals surface area contributed by atoms with E-state index in [0.717, 1.165) is 60.8 Å². The smallest absolute Gasteiger partial charge is 0.166 e. The van der Waals surface area contributed by atoms with Crippen molar-refractivity contribution in [2.24, 2.45) is 13.0 Å². The van der Waals surface area contributed by atoms with Crippen molar-refractivity contribution in [3.63, 3.8) is 0 Å². The largest absolute Gasteiger partial charge is 0.504 e. The summed E-state index contributed by atoms with van der Waals surface area (Å²) in [5.41, 5.74) is 5.28. The van der Waals surface area contributed by atoms with E-state index in [4.69, 9.17) is 4.74 Å². The molecule has 0 radical (unpaired) electrons. The number of fused-ring (bicyclic) bond motifs is 2. The number of carbonyl (C=O) groups is 1. The van der Waals surface area contributed by atoms with Crippen LogP contribution in [0.4, 0.5) is 0 Å². The van der Waals surface area contributed by atoms with Crippen molar-refractivity contribution in [3.8, 4) is 11.5 Å². The molecule has 208 valence electrons. The van der Waals surface area contributed by atoms with Crippen LogP contribution in [0.2, 0.25) is 0 Å². The van der Waals surface area contributed by atoms with Crippen LogP contribution < -0.4 is 4.74 Å². The minimum Gasteiger partial charge on any atom is -0.504 e. The zero-order valence-electron chi connectivity index (χ0n) is 23.2. The molecule has 2 aromatic carbocycles. The highest BCUT2D eigenvalue weighted by atomic mass is 16.5. The number of ether oxygens (including phenoxy) is 1. The average Bonchev–Trinajstić information content (AvgIpc) is 3.62. The first-order valence-electron chi connectivity index (χ1n) is 15.1. The number of aryl methyl sites for hydroxylation is 2. The summed E-state index contributed by atoms with van der Waals surface area (Å²) in [7, 11) is 2.08. The van der Waals surface area contributed by atoms with E-state index >= 15 is 0 Å². The molecule has 1 aromatic heterocycles. The number of phenols is 1. The Morgan fingerprint density at radius 3 is 2.67 bits per heavy atom. The topological polar surface area (TPSA) is 74.9 Å². The number of rotatable bonds is 8. The highest BCUT2D eigenvalue weighted by molar-refractivity contribution is 5.78. The molecule has 0 amide bonds. The van der Waals surface area contributed by atoms with Crippen LogP contribution in [0.5, 0.6) is 11.5 Å². The van der Waals surface area contributed by atoms with E-state index < -0.39 is 11.0 Å². The molecule has 5 aliphatic rings. The number of Topliss-reactive ketones (excluding diaryl/α,β-unsaturated/α-hetero) is 1. The van der Waals surface area contributed by atoms with Crippen LogP contribution in [0.1, 0.15) is 71.8 Å². The second-order valence-corrected chi connectivity index (χ2v) is 13.1. The Morgan fingerprint density at radius 1 is 1.07 bits per heavy atom. The van der Waals surface area contributed by atoms with Crippen LogP contribution >= 0.6 is 0 Å². The third-order valence-corrected chi connectivity index (χ3v) is 10.9. The third kappa shape index (κ3) is 3.38. The van der Waals surface area contributed by atoms with Gasteiger partial charge in [0.1, 0.15) is 5.78 Å². The Bertz CT molecular complexity index is 1510. The molecule has 3 aromatic rings. The van der Waals surface area contributed by atoms with Gasteiger partial charge < -0.3 is 19.5 Å². The number of piperidine rings is 1. The third-order valence-electron chi connectivity index (χ3n) is 10.9. The first kappa shape index (κ1) is 24.7. The molecule has 2 fully saturated rings. The van der Waals surface area contributed by atoms with Crippen molar-refractivity contribution in [2.75, 3.05) is 13.1 Å². The predicted molar refractivity (Wildman–Crippen MR) is 152 cm³/mol. The Hall–Kier alpha value is -3.09. The van der Waals surface area contributed by atoms with Crippen molar-refractivity contribution >= 4 is 5.78 Å². The number of likely N-dealkylation sites (tertiary alicyclic amines) is 1. The fourth-order valence-electron chi connectivity index (χ4n) is 8.73. The molecule has 40 heavy (non-hydrogen) atoms. The maximum Gasteiger partial charge on any atom is 0.166 e. The van der Waals surface area contributed by atoms with Gasteiger partial charge in [0.25, 0.3) is 0 Å². The number of hydrogen-bond donors (Lipinski definition) is 2. The van der Waals surface area contributed by atoms with Crippen LogP contribution in [0, 0.1) is 5.92 Å². The van der Waals surface area contributed by atoms with Gasteiger partial charge in [0.15, 0.2) is 17.6 Å². The van der Waals surface area contributed by atoms with Gasteiger partial charge in [0, 0.05) is 50.2 Å². The van der Waals surface area contributed by atoms with Gasteiger partial charge in [-0.25, -0.2) is 0 Å². The van der Waals surface area contributed by atoms with Crippen LogP contribution in [-0.2, 0) is 42.9 Å². The van der Waals surface area contributed by atoms with Crippen LogP contribution in [0.25, 0.3) is 0 Å². The summed E-state index contributed by atoms with van der Waals surface area (Å²) in [5, 5.41) is 23.8. The van der Waals surface area contributed by atoms with E-state index in [1.54, 1.807) is 6.07 Å². The zero-order valence-corrected chi connectivity index (χ0v) is 23.2. The maximum absolute atomic E-state index is 12.9. The van der Waals surface area contributed by atoms with E-state index in [2.05, 4.69) is 40.8 Å². The number of aliphatic hydroxyl groups is 1. The van der Waals surface area contributed by atoms with Crippen molar-refractivity contribution in [1.82, 2.24) is 9.47 Å². The summed E-state index contributed by atoms with van der Waals surface area (Å²) in [6.07, 6.45) is 6.94. The fraction of sp³-hybridized carbons (Fsp3) is 0.500. The molecule has 6 nitrogen and oxygen atoms in total. The highest BCUT2D eigenvalue weighted by Gasteiger charge is 2.72. The minimum absolute atomic E-state index is 0.0345. The standard InChI is InChI=1S/C34H38N2O4/c1-35-25(11-13-26(37)12-9-21-5-3-2-4-6-21)17-24-19-34(39)28-18-23-10-14-27(38)31-29(23)33(34,32(40-31)30(24)35)15-16-36(28)20-22-7-8-22/h2-6,10,14,17,22,28,32,38-39H,7-9,11-13,15-16,18-20H2,1H3/t28-,32+,33+,34-/m1/s1. The zero-order chi connectivity index (χ0) is 27.2. The van der Waals surface area contributed by atoms with E-state index in [-0.39, 0.29) is 23.7 Å². The Labute approximate surface area is 235 Å². The molecule has 4 atom stereocenters. The molecular formula is C34H38N2O4. The van der Waals surface area contributed by atoms with Gasteiger partial charge in [-0.3, -0.25) is 9.69 Å². The molecule has 2 N–H and O–H groups in total. The number of phenolic OH excluding ortho intramolecular Hbond substituents is 1. The lowest BCUT2D eigenvalue weighted by Gasteiger charge is -2.63. The minimum atomic E-state index is -0.964. The van der Waals surface area contributed by atoms with Gasteiger partial charge in [-0.05, 0) is 79.8 Å². The maximum atomic E-state index is 12.9. The molecule has 1 spiro atoms. The number of carbonyl (C=O) groups excluding carboxylic acids is 1. The normalized spacial score (nSPS) is 29.6. The summed E-state index contributed by atoms with van der Waals surface area (Å²) >= 11 is 0. The molecule has 2 bridgehead atoms. The van der Waals surface area contributed by atoms with Crippen LogP contribution in [-0.4, -0.2) is 50.2 Å². The SMILES string of the molecule is Cn1c(CCC(=O)CCc2ccccc2)cc2c1[C@@H]1Oc3c(O)ccc4c3[C@@]13CCN(CC1CC1)[C@H](C4)[C@]3(O)C2. The highest BCUT2D eigenvalue weighted by Crippen LogP contribution is 2.68. The molecule has 2 aliphatic heterocycles. The summed E-state index contributed by atoms with van der Waals surface area (Å²) < 4.78 is 8.94. The number of aromatic hydroxyl groups is 1. The van der Waals surface area contributed by atoms with Crippen molar-refractivity contribution in [3.05, 3.63) is 82.2 Å². The van der Waals surface area contributed by atoms with Crippen molar-refractivity contribution in [1.29, 1.82) is 0 Å². The lowest BCUT2D eigenvalue weighted by molar-refractivity contribution is -0.173. The number of benzene rings is 2. The average molecular weight is 539 g/mol. The van der Waals surface area contributed by atoms with Gasteiger partial charge in [0.2, 0.25) is 0 Å². The number of hydrogen-bond acceptors (Lipinski definition) is 5. The van der Waals surface area contributed by atoms with E-state index in [0.29, 0.717) is 31.4 Å². The second kappa shape index (κ2) is 8.70. The van der Waals surface area contributed by atoms with Crippen molar-refractivity contribution < 1.29 is 19.7 Å². The molecule has 1 saturated carbocycles. The first-order valence-corrected chi connectivity index (χ1v) is 15.1. The Balaban J connectivity index is 1.13. The molecule has 8 rings (SSSR count). The van der Waals surface area contributed by atoms with Gasteiger partial charge in [-0.2, -0.15) is 0 Å². The molecule has 3 heterocycles. The van der Waals surface area contributed by atoms with Crippen molar-refractivity contribution in [2.45, 2.75) is 80.9 Å². The predicted octanol–water partition coefficient (Wildman–Crippen LogP) is 4.56. The number of ketones is 1. The van der Waals surface area contributed by atoms with Gasteiger partial charge in [-0.15, -0.1) is 0 Å². The summed E-state index contributed by atoms with van der Waals surface area (Å²) in [5.74, 6) is 1.77. The Morgan fingerprint density at radius 2 is 1.88 bits per heavy atom. The molecule has 3 aliphatic carbocycles. The Kier molecular flexibility index (Phi) is 5.37. The van der Waals surface area contributed by atoms with Crippen LogP contribution in [0.3, 0.4) is 0 Å². The van der Waals surface area contributed by atoms with E-state index in [9.17, 15) is 15.0 Å². The second-order valence-electron chi connectivity index (χ2n) is 13.1. The summed E-state index contributed by atoms with van der Waals surface area (Å²) in [4.78, 5) is 15.4. The quantitative estimate of drug-likeness (QED) is 0.440.